The number of urea groups is 1. The monoisotopic (exact) mass is 487 g/mol. The van der Waals surface area contributed by atoms with E-state index in [-0.39, 0.29) is 43.2 Å². The summed E-state index contributed by atoms with van der Waals surface area (Å²) in [7, 11) is 3.08. The van der Waals surface area contributed by atoms with Crippen LogP contribution in [0.4, 0.5) is 16.2 Å². The first-order valence-electron chi connectivity index (χ1n) is 10.9. The van der Waals surface area contributed by atoms with Crippen LogP contribution < -0.4 is 15.4 Å². The lowest BCUT2D eigenvalue weighted by Crippen LogP contribution is -2.53. The molecule has 1 saturated heterocycles. The first kappa shape index (κ1) is 23.8. The zero-order valence-corrected chi connectivity index (χ0v) is 19.6. The number of esters is 1. The predicted octanol–water partition coefficient (Wildman–Crippen LogP) is 3.93. The maximum atomic E-state index is 13.3. The molecule has 0 bridgehead atoms. The second-order valence-electron chi connectivity index (χ2n) is 8.25. The number of rotatable bonds is 4. The largest absolute Gasteiger partial charge is 0.490 e. The summed E-state index contributed by atoms with van der Waals surface area (Å²) in [6.45, 7) is 0.233. The lowest BCUT2D eigenvalue weighted by atomic mass is 9.94. The van der Waals surface area contributed by atoms with Gasteiger partial charge in [-0.1, -0.05) is 11.6 Å². The van der Waals surface area contributed by atoms with E-state index < -0.39 is 6.03 Å². The molecular formula is C24H26ClN3O6. The van der Waals surface area contributed by atoms with Gasteiger partial charge in [-0.25, -0.2) is 4.79 Å². The maximum Gasteiger partial charge on any atom is 0.323 e. The molecule has 4 rings (SSSR count). The average Bonchev–Trinajstić information content (AvgIpc) is 2.83. The van der Waals surface area contributed by atoms with Gasteiger partial charge in [0.25, 0.3) is 5.91 Å². The van der Waals surface area contributed by atoms with Crippen LogP contribution >= 0.6 is 11.6 Å². The highest BCUT2D eigenvalue weighted by Gasteiger charge is 2.39. The van der Waals surface area contributed by atoms with Crippen molar-refractivity contribution >= 4 is 40.9 Å². The third-order valence-electron chi connectivity index (χ3n) is 5.99. The van der Waals surface area contributed by atoms with E-state index in [9.17, 15) is 14.4 Å². The van der Waals surface area contributed by atoms with Crippen LogP contribution in [0.2, 0.25) is 5.02 Å². The van der Waals surface area contributed by atoms with Gasteiger partial charge in [0.2, 0.25) is 0 Å². The molecule has 180 valence electrons. The average molecular weight is 488 g/mol. The van der Waals surface area contributed by atoms with Crippen molar-refractivity contribution in [2.75, 3.05) is 31.4 Å². The maximum absolute atomic E-state index is 13.3. The molecule has 34 heavy (non-hydrogen) atoms. The molecule has 1 fully saturated rings. The Morgan fingerprint density at radius 1 is 1.12 bits per heavy atom. The molecule has 10 heteroatoms. The van der Waals surface area contributed by atoms with Gasteiger partial charge >= 0.3 is 12.0 Å². The minimum absolute atomic E-state index is 0.168. The van der Waals surface area contributed by atoms with Gasteiger partial charge in [-0.05, 0) is 55.3 Å². The zero-order valence-electron chi connectivity index (χ0n) is 18.9. The molecule has 0 saturated carbocycles. The van der Waals surface area contributed by atoms with Gasteiger partial charge in [0.15, 0.2) is 0 Å². The fourth-order valence-corrected chi connectivity index (χ4v) is 4.33. The highest BCUT2D eigenvalue weighted by Crippen LogP contribution is 2.32. The first-order valence-corrected chi connectivity index (χ1v) is 11.3. The van der Waals surface area contributed by atoms with Crippen molar-refractivity contribution in [2.24, 2.45) is 0 Å². The number of halogens is 1. The number of methoxy groups -OCH3 is 1. The third-order valence-corrected chi connectivity index (χ3v) is 6.25. The molecule has 0 radical (unpaired) electrons. The third kappa shape index (κ3) is 5.43. The Morgan fingerprint density at radius 3 is 2.56 bits per heavy atom. The Balaban J connectivity index is 1.46. The van der Waals surface area contributed by atoms with Gasteiger partial charge < -0.3 is 29.7 Å². The molecule has 0 unspecified atom stereocenters. The first-order chi connectivity index (χ1) is 16.3. The molecule has 2 aliphatic rings. The van der Waals surface area contributed by atoms with E-state index in [1.807, 2.05) is 0 Å². The number of anilines is 2. The Kier molecular flexibility index (Phi) is 7.23. The van der Waals surface area contributed by atoms with Gasteiger partial charge in [0.1, 0.15) is 18.5 Å². The molecular weight excluding hydrogens is 462 g/mol. The van der Waals surface area contributed by atoms with E-state index in [0.717, 1.165) is 0 Å². The van der Waals surface area contributed by atoms with Crippen LogP contribution in [0.25, 0.3) is 0 Å². The molecule has 3 atom stereocenters. The lowest BCUT2D eigenvalue weighted by molar-refractivity contribution is -0.151. The van der Waals surface area contributed by atoms with E-state index in [4.69, 9.17) is 25.8 Å². The lowest BCUT2D eigenvalue weighted by Gasteiger charge is -2.42. The smallest absolute Gasteiger partial charge is 0.323 e. The highest BCUT2D eigenvalue weighted by molar-refractivity contribution is 6.30. The minimum Gasteiger partial charge on any atom is -0.490 e. The number of ether oxygens (including phenoxy) is 3. The van der Waals surface area contributed by atoms with Gasteiger partial charge in [0, 0.05) is 23.4 Å². The predicted molar refractivity (Wildman–Crippen MR) is 126 cm³/mol. The SMILES string of the molecule is COC(=O)C[C@@H]1CC[C@H]2[C@@H](COc3ccc(NC(=O)Nc4ccc(Cl)cc4)cc3C(=O)N2C)O1. The van der Waals surface area contributed by atoms with Crippen LogP contribution in [-0.2, 0) is 14.3 Å². The van der Waals surface area contributed by atoms with Crippen LogP contribution in [0.3, 0.4) is 0 Å². The number of nitrogens with zero attached hydrogens (tertiary/aromatic N) is 1. The summed E-state index contributed by atoms with van der Waals surface area (Å²) in [4.78, 5) is 39.0. The van der Waals surface area contributed by atoms with E-state index in [1.165, 1.54) is 7.11 Å². The Morgan fingerprint density at radius 2 is 1.82 bits per heavy atom. The number of likely N-dealkylation sites (N-methyl/N-ethyl adjacent to an activating group) is 1. The number of amides is 3. The van der Waals surface area contributed by atoms with E-state index in [2.05, 4.69) is 10.6 Å². The van der Waals surface area contributed by atoms with E-state index in [1.54, 1.807) is 54.4 Å². The van der Waals surface area contributed by atoms with Crippen LogP contribution in [0.15, 0.2) is 42.5 Å². The number of carbonyl (C=O) groups is 3. The van der Waals surface area contributed by atoms with E-state index >= 15 is 0 Å². The summed E-state index contributed by atoms with van der Waals surface area (Å²) >= 11 is 5.87. The molecule has 0 aromatic heterocycles. The molecule has 2 aromatic rings. The minimum atomic E-state index is -0.452. The Hall–Kier alpha value is -3.30. The quantitative estimate of drug-likeness (QED) is 0.633. The van der Waals surface area contributed by atoms with Gasteiger partial charge in [-0.15, -0.1) is 0 Å². The molecule has 2 N–H and O–H groups in total. The van der Waals surface area contributed by atoms with Crippen molar-refractivity contribution in [3.63, 3.8) is 0 Å². The summed E-state index contributed by atoms with van der Waals surface area (Å²) < 4.78 is 16.8. The zero-order chi connectivity index (χ0) is 24.2. The molecule has 2 aromatic carbocycles. The van der Waals surface area contributed by atoms with Crippen LogP contribution in [0, 0.1) is 0 Å². The Bertz CT molecular complexity index is 1080. The fourth-order valence-electron chi connectivity index (χ4n) is 4.20. The van der Waals surface area contributed by atoms with Gasteiger partial charge in [-0.3, -0.25) is 9.59 Å². The molecule has 9 nitrogen and oxygen atoms in total. The van der Waals surface area contributed by atoms with Gasteiger partial charge in [0.05, 0.1) is 31.2 Å². The highest BCUT2D eigenvalue weighted by atomic mass is 35.5. The number of carbonyl (C=O) groups excluding carboxylic acids is 3. The van der Waals surface area contributed by atoms with Crippen molar-refractivity contribution in [3.8, 4) is 5.75 Å². The van der Waals surface area contributed by atoms with Crippen LogP contribution in [0.5, 0.6) is 5.75 Å². The number of hydrogen-bond acceptors (Lipinski definition) is 6. The molecule has 0 aliphatic carbocycles. The summed E-state index contributed by atoms with van der Waals surface area (Å²) in [6.07, 6.45) is 0.835. The van der Waals surface area contributed by atoms with Crippen molar-refractivity contribution in [1.29, 1.82) is 0 Å². The van der Waals surface area contributed by atoms with Crippen molar-refractivity contribution in [2.45, 2.75) is 37.5 Å². The van der Waals surface area contributed by atoms with Crippen LogP contribution in [0.1, 0.15) is 29.6 Å². The summed E-state index contributed by atoms with van der Waals surface area (Å²) in [5.41, 5.74) is 1.38. The molecule has 2 heterocycles. The second kappa shape index (κ2) is 10.3. The Labute approximate surface area is 202 Å². The molecule has 2 aliphatic heterocycles. The number of fused-ring (bicyclic) bond motifs is 2. The molecule has 3 amide bonds. The molecule has 0 spiro atoms. The topological polar surface area (TPSA) is 106 Å². The van der Waals surface area contributed by atoms with Crippen molar-refractivity contribution in [1.82, 2.24) is 4.90 Å². The second-order valence-corrected chi connectivity index (χ2v) is 8.68. The normalized spacial score (nSPS) is 21.8. The number of hydrogen-bond donors (Lipinski definition) is 2. The fraction of sp³-hybridized carbons (Fsp3) is 0.375. The summed E-state index contributed by atoms with van der Waals surface area (Å²) in [5.74, 6) is -0.163. The summed E-state index contributed by atoms with van der Waals surface area (Å²) in [5, 5.41) is 6.02. The number of nitrogens with one attached hydrogen (secondary N) is 2. The number of benzene rings is 2. The summed E-state index contributed by atoms with van der Waals surface area (Å²) in [6, 6.07) is 11.0. The van der Waals surface area contributed by atoms with E-state index in [0.29, 0.717) is 40.6 Å². The van der Waals surface area contributed by atoms with Crippen LogP contribution in [-0.4, -0.2) is 61.8 Å². The van der Waals surface area contributed by atoms with Crippen molar-refractivity contribution in [3.05, 3.63) is 53.1 Å². The van der Waals surface area contributed by atoms with Gasteiger partial charge in [-0.2, -0.15) is 0 Å². The van der Waals surface area contributed by atoms with Crippen molar-refractivity contribution < 1.29 is 28.6 Å². The standard InChI is InChI=1S/C24H26ClN3O6/c1-28-19-9-8-17(12-22(29)32-2)34-21(19)13-33-20-10-7-16(11-18(20)23(28)30)27-24(31)26-15-5-3-14(25)4-6-15/h3-7,10-11,17,19,21H,8-9,12-13H2,1-2H3,(H2,26,27,31)/t17-,19-,21+/m0/s1.